The number of carbonyl (C=O) groups excluding carboxylic acids is 2. The van der Waals surface area contributed by atoms with E-state index in [9.17, 15) is 9.59 Å². The van der Waals surface area contributed by atoms with Gasteiger partial charge in [-0.1, -0.05) is 18.2 Å². The highest BCUT2D eigenvalue weighted by Gasteiger charge is 2.25. The Morgan fingerprint density at radius 2 is 1.89 bits per heavy atom. The van der Waals surface area contributed by atoms with Gasteiger partial charge in [-0.05, 0) is 50.6 Å². The van der Waals surface area contributed by atoms with Crippen molar-refractivity contribution in [2.24, 2.45) is 0 Å². The van der Waals surface area contributed by atoms with Crippen LogP contribution in [0.2, 0.25) is 0 Å². The van der Waals surface area contributed by atoms with Gasteiger partial charge in [0.05, 0.1) is 11.0 Å². The zero-order valence-corrected chi connectivity index (χ0v) is 16.3. The second-order valence-electron chi connectivity index (χ2n) is 7.09. The van der Waals surface area contributed by atoms with Gasteiger partial charge in [-0.25, -0.2) is 4.98 Å². The number of nitrogens with zero attached hydrogens (tertiary/aromatic N) is 4. The zero-order chi connectivity index (χ0) is 19.7. The molecule has 0 saturated carbocycles. The van der Waals surface area contributed by atoms with Crippen LogP contribution in [0.1, 0.15) is 29.5 Å². The molecule has 6 nitrogen and oxygen atoms in total. The number of amides is 2. The molecule has 144 valence electrons. The number of fused-ring (bicyclic) bond motifs is 1. The summed E-state index contributed by atoms with van der Waals surface area (Å²) in [6.45, 7) is 6.05. The molecule has 0 unspecified atom stereocenters. The van der Waals surface area contributed by atoms with Gasteiger partial charge in [0, 0.05) is 30.9 Å². The van der Waals surface area contributed by atoms with Gasteiger partial charge in [-0.15, -0.1) is 0 Å². The number of aryl methyl sites for hydroxylation is 1. The summed E-state index contributed by atoms with van der Waals surface area (Å²) in [6.07, 6.45) is 0.801. The molecule has 0 atom stereocenters. The SMILES string of the molecule is CCN1CCCN(C(=O)c2ccc3c(c2)nc(C)n3-c2ccccc2)CC1=O. The maximum atomic E-state index is 13.0. The van der Waals surface area contributed by atoms with Crippen LogP contribution in [-0.4, -0.2) is 57.3 Å². The smallest absolute Gasteiger partial charge is 0.254 e. The lowest BCUT2D eigenvalue weighted by Crippen LogP contribution is -2.39. The van der Waals surface area contributed by atoms with E-state index >= 15 is 0 Å². The monoisotopic (exact) mass is 376 g/mol. The van der Waals surface area contributed by atoms with E-state index in [0.717, 1.165) is 29.0 Å². The number of imidazole rings is 1. The van der Waals surface area contributed by atoms with Crippen molar-refractivity contribution in [1.82, 2.24) is 19.4 Å². The first-order valence-electron chi connectivity index (χ1n) is 9.70. The van der Waals surface area contributed by atoms with Crippen molar-refractivity contribution in [2.75, 3.05) is 26.2 Å². The Morgan fingerprint density at radius 3 is 2.64 bits per heavy atom. The number of likely N-dealkylation sites (N-methyl/N-ethyl adjacent to an activating group) is 1. The number of hydrogen-bond donors (Lipinski definition) is 0. The largest absolute Gasteiger partial charge is 0.341 e. The number of carbonyl (C=O) groups is 2. The van der Waals surface area contributed by atoms with Crippen LogP contribution in [0.5, 0.6) is 0 Å². The average molecular weight is 376 g/mol. The topological polar surface area (TPSA) is 58.4 Å². The summed E-state index contributed by atoms with van der Waals surface area (Å²) in [4.78, 5) is 33.5. The standard InChI is InChI=1S/C22H24N4O2/c1-3-24-12-7-13-25(15-21(24)27)22(28)17-10-11-20-19(14-17)23-16(2)26(20)18-8-5-4-6-9-18/h4-6,8-11,14H,3,7,12-13,15H2,1-2H3. The summed E-state index contributed by atoms with van der Waals surface area (Å²) in [7, 11) is 0. The van der Waals surface area contributed by atoms with Gasteiger partial charge in [-0.2, -0.15) is 0 Å². The molecule has 4 rings (SSSR count). The molecule has 2 heterocycles. The van der Waals surface area contributed by atoms with Crippen LogP contribution >= 0.6 is 0 Å². The van der Waals surface area contributed by atoms with Gasteiger partial charge in [0.2, 0.25) is 5.91 Å². The average Bonchev–Trinajstić information content (AvgIpc) is 2.92. The van der Waals surface area contributed by atoms with E-state index in [1.54, 1.807) is 9.80 Å². The second kappa shape index (κ2) is 7.46. The zero-order valence-electron chi connectivity index (χ0n) is 16.3. The highest BCUT2D eigenvalue weighted by atomic mass is 16.2. The van der Waals surface area contributed by atoms with Crippen molar-refractivity contribution in [1.29, 1.82) is 0 Å². The fraction of sp³-hybridized carbons (Fsp3) is 0.318. The first-order chi connectivity index (χ1) is 13.6. The summed E-state index contributed by atoms with van der Waals surface area (Å²) in [6, 6.07) is 15.6. The molecule has 0 aliphatic carbocycles. The molecule has 6 heteroatoms. The maximum absolute atomic E-state index is 13.0. The number of hydrogen-bond acceptors (Lipinski definition) is 3. The van der Waals surface area contributed by atoms with Gasteiger partial charge < -0.3 is 9.80 Å². The Balaban J connectivity index is 1.65. The second-order valence-corrected chi connectivity index (χ2v) is 7.09. The molecule has 1 saturated heterocycles. The van der Waals surface area contributed by atoms with Crippen LogP contribution in [-0.2, 0) is 4.79 Å². The number of benzene rings is 2. The van der Waals surface area contributed by atoms with Crippen molar-refractivity contribution in [2.45, 2.75) is 20.3 Å². The van der Waals surface area contributed by atoms with Crippen molar-refractivity contribution >= 4 is 22.8 Å². The van der Waals surface area contributed by atoms with Crippen LogP contribution in [0.3, 0.4) is 0 Å². The molecule has 0 spiro atoms. The van der Waals surface area contributed by atoms with E-state index in [-0.39, 0.29) is 18.4 Å². The number of rotatable bonds is 3. The van der Waals surface area contributed by atoms with Crippen molar-refractivity contribution in [3.05, 3.63) is 59.9 Å². The molecule has 1 fully saturated rings. The van der Waals surface area contributed by atoms with E-state index in [1.807, 2.05) is 62.4 Å². The molecule has 28 heavy (non-hydrogen) atoms. The lowest BCUT2D eigenvalue weighted by molar-refractivity contribution is -0.130. The fourth-order valence-corrected chi connectivity index (χ4v) is 3.85. The molecular weight excluding hydrogens is 352 g/mol. The predicted octanol–water partition coefficient (Wildman–Crippen LogP) is 3.03. The molecule has 1 aliphatic rings. The minimum atomic E-state index is -0.111. The quantitative estimate of drug-likeness (QED) is 0.706. The molecule has 2 aromatic carbocycles. The Hall–Kier alpha value is -3.15. The summed E-state index contributed by atoms with van der Waals surface area (Å²) in [5.74, 6) is 0.771. The van der Waals surface area contributed by atoms with Gasteiger partial charge >= 0.3 is 0 Å². The Bertz CT molecular complexity index is 1030. The summed E-state index contributed by atoms with van der Waals surface area (Å²) in [5.41, 5.74) is 3.36. The lowest BCUT2D eigenvalue weighted by Gasteiger charge is -2.20. The minimum absolute atomic E-state index is 0.0126. The predicted molar refractivity (Wildman–Crippen MR) is 109 cm³/mol. The molecule has 1 aliphatic heterocycles. The highest BCUT2D eigenvalue weighted by Crippen LogP contribution is 2.23. The normalized spacial score (nSPS) is 15.1. The first kappa shape index (κ1) is 18.2. The van der Waals surface area contributed by atoms with Gasteiger partial charge in [0.1, 0.15) is 12.4 Å². The fourth-order valence-electron chi connectivity index (χ4n) is 3.85. The van der Waals surface area contributed by atoms with Crippen molar-refractivity contribution in [3.8, 4) is 5.69 Å². The van der Waals surface area contributed by atoms with Crippen LogP contribution in [0.4, 0.5) is 0 Å². The molecule has 1 aromatic heterocycles. The van der Waals surface area contributed by atoms with Crippen molar-refractivity contribution < 1.29 is 9.59 Å². The van der Waals surface area contributed by atoms with Crippen LogP contribution in [0.25, 0.3) is 16.7 Å². The van der Waals surface area contributed by atoms with E-state index in [4.69, 9.17) is 0 Å². The van der Waals surface area contributed by atoms with Crippen LogP contribution < -0.4 is 0 Å². The Labute approximate surface area is 164 Å². The minimum Gasteiger partial charge on any atom is -0.341 e. The van der Waals surface area contributed by atoms with E-state index in [1.165, 1.54) is 0 Å². The molecule has 0 N–H and O–H groups in total. The molecule has 2 amide bonds. The molecule has 0 bridgehead atoms. The third-order valence-electron chi connectivity index (χ3n) is 5.29. The Morgan fingerprint density at radius 1 is 1.11 bits per heavy atom. The van der Waals surface area contributed by atoms with E-state index in [2.05, 4.69) is 9.55 Å². The van der Waals surface area contributed by atoms with Crippen molar-refractivity contribution in [3.63, 3.8) is 0 Å². The van der Waals surface area contributed by atoms with E-state index < -0.39 is 0 Å². The van der Waals surface area contributed by atoms with Gasteiger partial charge in [0.25, 0.3) is 5.91 Å². The third-order valence-corrected chi connectivity index (χ3v) is 5.29. The number of para-hydroxylation sites is 1. The summed E-state index contributed by atoms with van der Waals surface area (Å²) >= 11 is 0. The highest BCUT2D eigenvalue weighted by molar-refractivity contribution is 5.99. The summed E-state index contributed by atoms with van der Waals surface area (Å²) < 4.78 is 2.08. The third kappa shape index (κ3) is 3.26. The van der Waals surface area contributed by atoms with Crippen LogP contribution in [0.15, 0.2) is 48.5 Å². The summed E-state index contributed by atoms with van der Waals surface area (Å²) in [5, 5.41) is 0. The van der Waals surface area contributed by atoms with Crippen LogP contribution in [0, 0.1) is 6.92 Å². The molecule has 3 aromatic rings. The first-order valence-corrected chi connectivity index (χ1v) is 9.70. The van der Waals surface area contributed by atoms with Gasteiger partial charge in [-0.3, -0.25) is 14.2 Å². The number of aromatic nitrogens is 2. The Kier molecular flexibility index (Phi) is 4.86. The molecular formula is C22H24N4O2. The van der Waals surface area contributed by atoms with E-state index in [0.29, 0.717) is 25.2 Å². The molecule has 0 radical (unpaired) electrons. The maximum Gasteiger partial charge on any atom is 0.254 e. The lowest BCUT2D eigenvalue weighted by atomic mass is 10.1. The van der Waals surface area contributed by atoms with Gasteiger partial charge in [0.15, 0.2) is 0 Å².